The summed E-state index contributed by atoms with van der Waals surface area (Å²) < 4.78 is 21.0. The molecule has 1 aliphatic rings. The van der Waals surface area contributed by atoms with Gasteiger partial charge in [0.15, 0.2) is 0 Å². The van der Waals surface area contributed by atoms with Gasteiger partial charge in [0, 0.05) is 37.2 Å². The second kappa shape index (κ2) is 7.13. The molecule has 5 nitrogen and oxygen atoms in total. The minimum atomic E-state index is -0.228. The van der Waals surface area contributed by atoms with Gasteiger partial charge in [0.05, 0.1) is 25.1 Å². The molecule has 25 heavy (non-hydrogen) atoms. The van der Waals surface area contributed by atoms with Crippen molar-refractivity contribution < 1.29 is 9.13 Å². The summed E-state index contributed by atoms with van der Waals surface area (Å²) in [7, 11) is 0. The first-order valence-electron chi connectivity index (χ1n) is 8.31. The first-order chi connectivity index (χ1) is 12.3. The Morgan fingerprint density at radius 1 is 1.12 bits per heavy atom. The minimum Gasteiger partial charge on any atom is -0.371 e. The SMILES string of the molecule is Fc1ccc([C@H]2CN(Cn3nccc3-c3cccnc3)CCO2)cc1. The quantitative estimate of drug-likeness (QED) is 0.733. The second-order valence-electron chi connectivity index (χ2n) is 6.09. The fraction of sp³-hybridized carbons (Fsp3) is 0.263. The Morgan fingerprint density at radius 3 is 2.80 bits per heavy atom. The Hall–Kier alpha value is -2.57. The lowest BCUT2D eigenvalue weighted by molar-refractivity contribution is -0.0414. The normalized spacial score (nSPS) is 18.4. The van der Waals surface area contributed by atoms with Gasteiger partial charge < -0.3 is 4.74 Å². The minimum absolute atomic E-state index is 0.0493. The van der Waals surface area contributed by atoms with Crippen molar-refractivity contribution in [3.05, 3.63) is 72.4 Å². The third-order valence-electron chi connectivity index (χ3n) is 4.40. The van der Waals surface area contributed by atoms with Crippen LogP contribution in [0.5, 0.6) is 0 Å². The van der Waals surface area contributed by atoms with Crippen molar-refractivity contribution >= 4 is 0 Å². The molecule has 0 radical (unpaired) electrons. The highest BCUT2D eigenvalue weighted by atomic mass is 19.1. The van der Waals surface area contributed by atoms with E-state index in [2.05, 4.69) is 15.0 Å². The lowest BCUT2D eigenvalue weighted by Gasteiger charge is -2.33. The molecular formula is C19H19FN4O. The molecule has 0 spiro atoms. The highest BCUT2D eigenvalue weighted by molar-refractivity contribution is 5.57. The van der Waals surface area contributed by atoms with Crippen LogP contribution in [-0.4, -0.2) is 39.4 Å². The van der Waals surface area contributed by atoms with E-state index in [1.807, 2.05) is 29.1 Å². The van der Waals surface area contributed by atoms with Gasteiger partial charge >= 0.3 is 0 Å². The summed E-state index contributed by atoms with van der Waals surface area (Å²) in [4.78, 5) is 6.48. The fourth-order valence-electron chi connectivity index (χ4n) is 3.10. The highest BCUT2D eigenvalue weighted by Gasteiger charge is 2.23. The first-order valence-corrected chi connectivity index (χ1v) is 8.31. The molecule has 1 fully saturated rings. The molecule has 1 aromatic carbocycles. The number of pyridine rings is 1. The molecule has 0 bridgehead atoms. The van der Waals surface area contributed by atoms with E-state index in [1.165, 1.54) is 12.1 Å². The molecule has 0 amide bonds. The molecule has 0 aliphatic carbocycles. The summed E-state index contributed by atoms with van der Waals surface area (Å²) >= 11 is 0. The monoisotopic (exact) mass is 338 g/mol. The highest BCUT2D eigenvalue weighted by Crippen LogP contribution is 2.24. The number of halogens is 1. The van der Waals surface area contributed by atoms with E-state index in [1.54, 1.807) is 24.5 Å². The van der Waals surface area contributed by atoms with Gasteiger partial charge in [0.1, 0.15) is 5.82 Å². The lowest BCUT2D eigenvalue weighted by atomic mass is 10.1. The van der Waals surface area contributed by atoms with Gasteiger partial charge in [0.2, 0.25) is 0 Å². The molecule has 6 heteroatoms. The molecule has 1 aliphatic heterocycles. The zero-order valence-electron chi connectivity index (χ0n) is 13.8. The maximum atomic E-state index is 13.1. The van der Waals surface area contributed by atoms with Crippen LogP contribution in [0.2, 0.25) is 0 Å². The van der Waals surface area contributed by atoms with Crippen LogP contribution in [0.3, 0.4) is 0 Å². The molecule has 2 aromatic heterocycles. The van der Waals surface area contributed by atoms with E-state index < -0.39 is 0 Å². The number of hydrogen-bond donors (Lipinski definition) is 0. The predicted octanol–water partition coefficient (Wildman–Crippen LogP) is 3.12. The summed E-state index contributed by atoms with van der Waals surface area (Å²) in [5, 5.41) is 4.45. The third-order valence-corrected chi connectivity index (χ3v) is 4.40. The Morgan fingerprint density at radius 2 is 2.00 bits per heavy atom. The maximum absolute atomic E-state index is 13.1. The molecule has 4 rings (SSSR count). The van der Waals surface area contributed by atoms with E-state index in [9.17, 15) is 4.39 Å². The van der Waals surface area contributed by atoms with Crippen LogP contribution in [0.1, 0.15) is 11.7 Å². The molecule has 3 heterocycles. The van der Waals surface area contributed by atoms with Gasteiger partial charge in [-0.3, -0.25) is 14.6 Å². The van der Waals surface area contributed by atoms with Crippen LogP contribution in [-0.2, 0) is 11.4 Å². The van der Waals surface area contributed by atoms with Crippen molar-refractivity contribution in [3.8, 4) is 11.3 Å². The van der Waals surface area contributed by atoms with Crippen LogP contribution < -0.4 is 0 Å². The van der Waals surface area contributed by atoms with Crippen LogP contribution in [0, 0.1) is 5.82 Å². The average molecular weight is 338 g/mol. The Kier molecular flexibility index (Phi) is 4.54. The van der Waals surface area contributed by atoms with Crippen molar-refractivity contribution in [1.29, 1.82) is 0 Å². The van der Waals surface area contributed by atoms with Gasteiger partial charge in [-0.1, -0.05) is 12.1 Å². The molecule has 0 unspecified atom stereocenters. The van der Waals surface area contributed by atoms with Crippen molar-refractivity contribution in [3.63, 3.8) is 0 Å². The number of nitrogens with zero attached hydrogens (tertiary/aromatic N) is 4. The topological polar surface area (TPSA) is 43.2 Å². The van der Waals surface area contributed by atoms with Crippen LogP contribution >= 0.6 is 0 Å². The molecular weight excluding hydrogens is 319 g/mol. The summed E-state index contributed by atoms with van der Waals surface area (Å²) in [6.45, 7) is 2.91. The van der Waals surface area contributed by atoms with Crippen LogP contribution in [0.15, 0.2) is 61.1 Å². The largest absolute Gasteiger partial charge is 0.371 e. The number of ether oxygens (including phenoxy) is 1. The van der Waals surface area contributed by atoms with Gasteiger partial charge in [-0.05, 0) is 35.9 Å². The standard InChI is InChI=1S/C19H19FN4O/c20-17-5-3-15(4-6-17)19-13-23(10-11-25-19)14-24-18(7-9-22-24)16-2-1-8-21-12-16/h1-9,12,19H,10-11,13-14H2/t19-/m1/s1. The molecule has 3 aromatic rings. The Labute approximate surface area is 145 Å². The summed E-state index contributed by atoms with van der Waals surface area (Å²) in [5.74, 6) is -0.228. The lowest BCUT2D eigenvalue weighted by Crippen LogP contribution is -2.39. The molecule has 1 atom stereocenters. The summed E-state index contributed by atoms with van der Waals surface area (Å²) in [6, 6.07) is 12.5. The van der Waals surface area contributed by atoms with E-state index in [0.29, 0.717) is 13.3 Å². The zero-order valence-corrected chi connectivity index (χ0v) is 13.8. The van der Waals surface area contributed by atoms with Gasteiger partial charge in [0.25, 0.3) is 0 Å². The second-order valence-corrected chi connectivity index (χ2v) is 6.09. The summed E-state index contributed by atoms with van der Waals surface area (Å²) in [5.41, 5.74) is 3.08. The van der Waals surface area contributed by atoms with Crippen molar-refractivity contribution in [2.24, 2.45) is 0 Å². The number of aromatic nitrogens is 3. The molecule has 0 saturated carbocycles. The third kappa shape index (κ3) is 3.60. The smallest absolute Gasteiger partial charge is 0.123 e. The van der Waals surface area contributed by atoms with Crippen molar-refractivity contribution in [1.82, 2.24) is 19.7 Å². The van der Waals surface area contributed by atoms with E-state index in [0.717, 1.165) is 29.9 Å². The van der Waals surface area contributed by atoms with Crippen molar-refractivity contribution in [2.75, 3.05) is 19.7 Å². The van der Waals surface area contributed by atoms with E-state index in [-0.39, 0.29) is 11.9 Å². The number of benzene rings is 1. The Balaban J connectivity index is 1.48. The Bertz CT molecular complexity index is 819. The average Bonchev–Trinajstić information content (AvgIpc) is 3.11. The van der Waals surface area contributed by atoms with E-state index >= 15 is 0 Å². The number of hydrogen-bond acceptors (Lipinski definition) is 4. The van der Waals surface area contributed by atoms with Gasteiger partial charge in [-0.25, -0.2) is 4.39 Å². The van der Waals surface area contributed by atoms with Gasteiger partial charge in [-0.15, -0.1) is 0 Å². The van der Waals surface area contributed by atoms with Crippen LogP contribution in [0.4, 0.5) is 4.39 Å². The van der Waals surface area contributed by atoms with Crippen molar-refractivity contribution in [2.45, 2.75) is 12.8 Å². The first kappa shape index (κ1) is 15.9. The van der Waals surface area contributed by atoms with Gasteiger partial charge in [-0.2, -0.15) is 5.10 Å². The molecule has 128 valence electrons. The van der Waals surface area contributed by atoms with Crippen LogP contribution in [0.25, 0.3) is 11.3 Å². The predicted molar refractivity (Wildman–Crippen MR) is 92.1 cm³/mol. The van der Waals surface area contributed by atoms with E-state index in [4.69, 9.17) is 4.74 Å². The number of rotatable bonds is 4. The number of morpholine rings is 1. The summed E-state index contributed by atoms with van der Waals surface area (Å²) in [6.07, 6.45) is 5.36. The zero-order chi connectivity index (χ0) is 17.1. The fourth-order valence-corrected chi connectivity index (χ4v) is 3.10. The molecule has 1 saturated heterocycles. The molecule has 0 N–H and O–H groups in total. The maximum Gasteiger partial charge on any atom is 0.123 e.